The van der Waals surface area contributed by atoms with E-state index in [9.17, 15) is 24.8 Å². The second kappa shape index (κ2) is 6.73. The molecule has 0 aliphatic carbocycles. The minimum absolute atomic E-state index is 0.107. The van der Waals surface area contributed by atoms with Gasteiger partial charge in [0.25, 0.3) is 0 Å². The number of nitrogens with zero attached hydrogens (tertiary/aromatic N) is 2. The van der Waals surface area contributed by atoms with Gasteiger partial charge in [-0.3, -0.25) is 24.8 Å². The van der Waals surface area contributed by atoms with Crippen molar-refractivity contribution in [3.8, 4) is 0 Å². The normalized spacial score (nSPS) is 11.5. The molecule has 0 N–H and O–H groups in total. The molecule has 2 rings (SSSR count). The molecule has 0 aliphatic rings. The number of hydrogen-bond acceptors (Lipinski definition) is 9. The number of rotatable bonds is 8. The van der Waals surface area contributed by atoms with Crippen molar-refractivity contribution in [2.45, 2.75) is 13.2 Å². The SMILES string of the molecule is CP(=O)(OCc1ccc([N+](=O)[O-])o1)OCc1ccc([N+](=O)[O-])o1. The predicted molar refractivity (Wildman–Crippen MR) is 73.8 cm³/mol. The summed E-state index contributed by atoms with van der Waals surface area (Å²) < 4.78 is 31.8. The van der Waals surface area contributed by atoms with Crippen molar-refractivity contribution in [1.82, 2.24) is 0 Å². The lowest BCUT2D eigenvalue weighted by Gasteiger charge is -2.12. The van der Waals surface area contributed by atoms with Crippen LogP contribution < -0.4 is 0 Å². The zero-order chi connectivity index (χ0) is 17.0. The second-order valence-electron chi connectivity index (χ2n) is 4.31. The average Bonchev–Trinajstić information content (AvgIpc) is 3.12. The molecule has 0 unspecified atom stereocenters. The van der Waals surface area contributed by atoms with Crippen LogP contribution in [0, 0.1) is 20.2 Å². The molecule has 0 bridgehead atoms. The van der Waals surface area contributed by atoms with Gasteiger partial charge in [0.1, 0.15) is 34.6 Å². The van der Waals surface area contributed by atoms with Crippen LogP contribution in [0.3, 0.4) is 0 Å². The minimum Gasteiger partial charge on any atom is -0.403 e. The fourth-order valence-electron chi connectivity index (χ4n) is 1.48. The lowest BCUT2D eigenvalue weighted by Crippen LogP contribution is -1.95. The zero-order valence-corrected chi connectivity index (χ0v) is 12.6. The Labute approximate surface area is 128 Å². The largest absolute Gasteiger partial charge is 0.433 e. The lowest BCUT2D eigenvalue weighted by atomic mass is 10.5. The highest BCUT2D eigenvalue weighted by molar-refractivity contribution is 7.52. The van der Waals surface area contributed by atoms with Crippen molar-refractivity contribution < 1.29 is 32.3 Å². The van der Waals surface area contributed by atoms with Crippen LogP contribution in [-0.4, -0.2) is 16.5 Å². The van der Waals surface area contributed by atoms with E-state index in [4.69, 9.17) is 17.9 Å². The van der Waals surface area contributed by atoms with E-state index in [1.807, 2.05) is 0 Å². The van der Waals surface area contributed by atoms with E-state index in [1.165, 1.54) is 18.8 Å². The van der Waals surface area contributed by atoms with E-state index in [2.05, 4.69) is 0 Å². The van der Waals surface area contributed by atoms with Crippen molar-refractivity contribution in [1.29, 1.82) is 0 Å². The fraction of sp³-hybridized carbons (Fsp3) is 0.273. The maximum Gasteiger partial charge on any atom is 0.433 e. The van der Waals surface area contributed by atoms with Crippen molar-refractivity contribution in [3.63, 3.8) is 0 Å². The van der Waals surface area contributed by atoms with Gasteiger partial charge in [0.05, 0.1) is 12.1 Å². The molecule has 0 atom stereocenters. The van der Waals surface area contributed by atoms with Crippen molar-refractivity contribution in [2.24, 2.45) is 0 Å². The van der Waals surface area contributed by atoms with Gasteiger partial charge < -0.3 is 17.9 Å². The van der Waals surface area contributed by atoms with Gasteiger partial charge in [-0.1, -0.05) is 0 Å². The molecule has 0 amide bonds. The maximum absolute atomic E-state index is 12.0. The van der Waals surface area contributed by atoms with E-state index in [1.54, 1.807) is 0 Å². The van der Waals surface area contributed by atoms with Crippen LogP contribution in [0.2, 0.25) is 0 Å². The third-order valence-electron chi connectivity index (χ3n) is 2.54. The molecule has 0 spiro atoms. The smallest absolute Gasteiger partial charge is 0.403 e. The van der Waals surface area contributed by atoms with Gasteiger partial charge in [-0.25, -0.2) is 0 Å². The highest BCUT2D eigenvalue weighted by atomic mass is 31.2. The second-order valence-corrected chi connectivity index (χ2v) is 6.37. The molecule has 0 fully saturated rings. The first-order valence-electron chi connectivity index (χ1n) is 6.09. The highest BCUT2D eigenvalue weighted by Crippen LogP contribution is 2.45. The Kier molecular flexibility index (Phi) is 4.94. The molecule has 124 valence electrons. The first-order chi connectivity index (χ1) is 10.8. The van der Waals surface area contributed by atoms with Gasteiger partial charge in [-0.2, -0.15) is 0 Å². The molecule has 2 aromatic rings. The topological polar surface area (TPSA) is 148 Å². The molecular formula is C11H11N2O9P. The van der Waals surface area contributed by atoms with E-state index >= 15 is 0 Å². The van der Waals surface area contributed by atoms with Crippen LogP contribution in [-0.2, 0) is 26.8 Å². The number of hydrogen-bond donors (Lipinski definition) is 0. The summed E-state index contributed by atoms with van der Waals surface area (Å²) in [4.78, 5) is 19.5. The molecular weight excluding hydrogens is 335 g/mol. The molecule has 0 aliphatic heterocycles. The zero-order valence-electron chi connectivity index (χ0n) is 11.7. The van der Waals surface area contributed by atoms with E-state index in [0.717, 1.165) is 12.1 Å². The van der Waals surface area contributed by atoms with Crippen molar-refractivity contribution in [3.05, 3.63) is 56.0 Å². The van der Waals surface area contributed by atoms with Crippen LogP contribution in [0.4, 0.5) is 11.8 Å². The third kappa shape index (κ3) is 4.74. The van der Waals surface area contributed by atoms with Gasteiger partial charge in [-0.15, -0.1) is 0 Å². The first kappa shape index (κ1) is 16.9. The summed E-state index contributed by atoms with van der Waals surface area (Å²) in [5.74, 6) is -0.705. The Morgan fingerprint density at radius 3 is 1.65 bits per heavy atom. The summed E-state index contributed by atoms with van der Waals surface area (Å²) in [6.07, 6.45) is 0. The molecule has 12 heteroatoms. The molecule has 0 saturated carbocycles. The van der Waals surface area contributed by atoms with Gasteiger partial charge in [-0.05, 0) is 12.1 Å². The van der Waals surface area contributed by atoms with Gasteiger partial charge >= 0.3 is 19.4 Å². The van der Waals surface area contributed by atoms with Crippen LogP contribution in [0.25, 0.3) is 0 Å². The molecule has 0 radical (unpaired) electrons. The molecule has 11 nitrogen and oxygen atoms in total. The predicted octanol–water partition coefficient (Wildman–Crippen LogP) is 3.25. The maximum atomic E-state index is 12.0. The van der Waals surface area contributed by atoms with Crippen LogP contribution in [0.15, 0.2) is 33.1 Å². The van der Waals surface area contributed by atoms with Crippen LogP contribution >= 0.6 is 7.60 Å². The standard InChI is InChI=1S/C11H11N2O9P/c1-23(18,19-6-8-2-4-10(21-8)12(14)15)20-7-9-3-5-11(22-9)13(16)17/h2-5H,6-7H2,1H3. The van der Waals surface area contributed by atoms with Gasteiger partial charge in [0, 0.05) is 6.66 Å². The van der Waals surface area contributed by atoms with Crippen LogP contribution in [0.5, 0.6) is 0 Å². The Balaban J connectivity index is 1.86. The summed E-state index contributed by atoms with van der Waals surface area (Å²) in [5.41, 5.74) is 0. The molecule has 0 saturated heterocycles. The first-order valence-corrected chi connectivity index (χ1v) is 8.08. The molecule has 23 heavy (non-hydrogen) atoms. The summed E-state index contributed by atoms with van der Waals surface area (Å²) >= 11 is 0. The Morgan fingerprint density at radius 1 is 0.957 bits per heavy atom. The molecule has 2 aromatic heterocycles. The molecule has 0 aromatic carbocycles. The number of nitro groups is 2. The van der Waals surface area contributed by atoms with Gasteiger partial charge in [0.15, 0.2) is 0 Å². The molecule has 2 heterocycles. The van der Waals surface area contributed by atoms with Crippen LogP contribution in [0.1, 0.15) is 11.5 Å². The summed E-state index contributed by atoms with van der Waals surface area (Å²) in [6, 6.07) is 4.91. The Morgan fingerprint density at radius 2 is 1.35 bits per heavy atom. The van der Waals surface area contributed by atoms with Crippen molar-refractivity contribution >= 4 is 19.4 Å². The Hall–Kier alpha value is -2.49. The average molecular weight is 346 g/mol. The monoisotopic (exact) mass is 346 g/mol. The number of furan rings is 2. The lowest BCUT2D eigenvalue weighted by molar-refractivity contribution is -0.402. The summed E-state index contributed by atoms with van der Waals surface area (Å²) in [7, 11) is -3.51. The summed E-state index contributed by atoms with van der Waals surface area (Å²) in [5, 5.41) is 20.9. The Bertz CT molecular complexity index is 705. The van der Waals surface area contributed by atoms with E-state index in [-0.39, 0.29) is 24.7 Å². The van der Waals surface area contributed by atoms with Gasteiger partial charge in [0.2, 0.25) is 0 Å². The quantitative estimate of drug-likeness (QED) is 0.399. The van der Waals surface area contributed by atoms with Crippen molar-refractivity contribution in [2.75, 3.05) is 6.66 Å². The fourth-order valence-corrected chi connectivity index (χ4v) is 2.28. The summed E-state index contributed by atoms with van der Waals surface area (Å²) in [6.45, 7) is 0.599. The third-order valence-corrected chi connectivity index (χ3v) is 3.73. The highest BCUT2D eigenvalue weighted by Gasteiger charge is 2.21. The van der Waals surface area contributed by atoms with E-state index < -0.39 is 29.2 Å². The minimum atomic E-state index is -3.51. The van der Waals surface area contributed by atoms with E-state index in [0.29, 0.717) is 0 Å².